The summed E-state index contributed by atoms with van der Waals surface area (Å²) in [7, 11) is 0. The number of hydrogen-bond acceptors (Lipinski definition) is 4. The van der Waals surface area contributed by atoms with Gasteiger partial charge in [0.25, 0.3) is 0 Å². The number of nitrogen functional groups attached to an aromatic ring is 1. The Labute approximate surface area is 177 Å². The van der Waals surface area contributed by atoms with E-state index in [0.717, 1.165) is 41.2 Å². The molecule has 0 unspecified atom stereocenters. The van der Waals surface area contributed by atoms with E-state index in [1.165, 1.54) is 49.0 Å². The van der Waals surface area contributed by atoms with Crippen molar-refractivity contribution in [2.75, 3.05) is 18.8 Å². The summed E-state index contributed by atoms with van der Waals surface area (Å²) in [6.45, 7) is 3.56. The van der Waals surface area contributed by atoms with Crippen LogP contribution in [0.25, 0.3) is 21.8 Å². The lowest BCUT2D eigenvalue weighted by molar-refractivity contribution is 0.221. The molecule has 4 heteroatoms. The van der Waals surface area contributed by atoms with Crippen LogP contribution < -0.4 is 5.73 Å². The molecule has 3 heterocycles. The van der Waals surface area contributed by atoms with Crippen LogP contribution in [0.1, 0.15) is 36.0 Å². The van der Waals surface area contributed by atoms with Gasteiger partial charge in [0.05, 0.1) is 5.52 Å². The minimum Gasteiger partial charge on any atom is -0.382 e. The van der Waals surface area contributed by atoms with Crippen LogP contribution in [0.4, 0.5) is 5.82 Å². The van der Waals surface area contributed by atoms with Crippen molar-refractivity contribution in [1.82, 2.24) is 14.9 Å². The van der Waals surface area contributed by atoms with E-state index >= 15 is 0 Å². The number of hydrogen-bond donors (Lipinski definition) is 1. The third kappa shape index (κ3) is 4.01. The minimum absolute atomic E-state index is 0.500. The summed E-state index contributed by atoms with van der Waals surface area (Å²) in [5.41, 5.74) is 11.9. The Hall–Kier alpha value is -2.98. The number of para-hydroxylation sites is 1. The number of fused-ring (bicyclic) bond motifs is 3. The van der Waals surface area contributed by atoms with Gasteiger partial charge >= 0.3 is 0 Å². The summed E-state index contributed by atoms with van der Waals surface area (Å²) in [6.07, 6.45) is 7.99. The van der Waals surface area contributed by atoms with Gasteiger partial charge in [-0.05, 0) is 67.6 Å². The first-order valence-corrected chi connectivity index (χ1v) is 11.0. The van der Waals surface area contributed by atoms with Crippen LogP contribution in [0, 0.1) is 0 Å². The highest BCUT2D eigenvalue weighted by molar-refractivity contribution is 6.08. The summed E-state index contributed by atoms with van der Waals surface area (Å²) < 4.78 is 0. The van der Waals surface area contributed by atoms with Gasteiger partial charge in [-0.1, -0.05) is 48.9 Å². The first-order valence-electron chi connectivity index (χ1n) is 11.0. The van der Waals surface area contributed by atoms with Crippen molar-refractivity contribution in [3.8, 4) is 0 Å². The molecule has 1 aliphatic heterocycles. The normalized spacial score (nSPS) is 15.1. The molecule has 4 aromatic rings. The van der Waals surface area contributed by atoms with E-state index in [1.54, 1.807) is 0 Å². The fourth-order valence-electron chi connectivity index (χ4n) is 4.51. The maximum atomic E-state index is 6.14. The molecule has 0 aliphatic carbocycles. The average Bonchev–Trinajstić information content (AvgIpc) is 2.79. The molecular weight excluding hydrogens is 368 g/mol. The Morgan fingerprint density at radius 1 is 0.800 bits per heavy atom. The van der Waals surface area contributed by atoms with Crippen LogP contribution in [0.15, 0.2) is 60.8 Å². The number of aryl methyl sites for hydroxylation is 2. The van der Waals surface area contributed by atoms with E-state index in [0.29, 0.717) is 5.82 Å². The molecule has 5 rings (SSSR count). The van der Waals surface area contributed by atoms with E-state index in [-0.39, 0.29) is 0 Å². The molecule has 0 saturated carbocycles. The van der Waals surface area contributed by atoms with Crippen molar-refractivity contribution < 1.29 is 0 Å². The van der Waals surface area contributed by atoms with E-state index in [4.69, 9.17) is 5.73 Å². The number of aromatic nitrogens is 2. The lowest BCUT2D eigenvalue weighted by atomic mass is 10.0. The molecule has 1 fully saturated rings. The highest BCUT2D eigenvalue weighted by atomic mass is 15.1. The number of nitrogens with two attached hydrogens (primary N) is 1. The zero-order valence-corrected chi connectivity index (χ0v) is 17.3. The van der Waals surface area contributed by atoms with Crippen LogP contribution in [0.3, 0.4) is 0 Å². The van der Waals surface area contributed by atoms with E-state index < -0.39 is 0 Å². The number of pyridine rings is 2. The Morgan fingerprint density at radius 2 is 1.53 bits per heavy atom. The van der Waals surface area contributed by atoms with Crippen LogP contribution in [-0.4, -0.2) is 28.0 Å². The molecule has 4 nitrogen and oxygen atoms in total. The monoisotopic (exact) mass is 396 g/mol. The van der Waals surface area contributed by atoms with Crippen molar-refractivity contribution in [1.29, 1.82) is 0 Å². The molecule has 2 N–H and O–H groups in total. The van der Waals surface area contributed by atoms with Gasteiger partial charge in [-0.15, -0.1) is 0 Å². The fourth-order valence-corrected chi connectivity index (χ4v) is 4.51. The van der Waals surface area contributed by atoms with Crippen LogP contribution >= 0.6 is 0 Å². The van der Waals surface area contributed by atoms with Crippen LogP contribution in [0.2, 0.25) is 0 Å². The number of benzene rings is 2. The van der Waals surface area contributed by atoms with Gasteiger partial charge in [0.1, 0.15) is 5.52 Å². The molecule has 0 atom stereocenters. The zero-order chi connectivity index (χ0) is 20.3. The summed E-state index contributed by atoms with van der Waals surface area (Å²) in [5.74, 6) is 0.500. The molecule has 152 valence electrons. The largest absolute Gasteiger partial charge is 0.382 e. The van der Waals surface area contributed by atoms with Crippen molar-refractivity contribution in [2.45, 2.75) is 38.6 Å². The molecule has 30 heavy (non-hydrogen) atoms. The number of nitrogens with zero attached hydrogens (tertiary/aromatic N) is 3. The molecule has 2 aromatic heterocycles. The minimum atomic E-state index is 0.500. The van der Waals surface area contributed by atoms with Gasteiger partial charge in [0.15, 0.2) is 5.82 Å². The average molecular weight is 397 g/mol. The SMILES string of the molecule is Nc1nc2ccccc2c2cc(CCc3ccc(CN4CCCCC4)cc3)cnc12. The molecule has 0 amide bonds. The van der Waals surface area contributed by atoms with Crippen LogP contribution in [-0.2, 0) is 19.4 Å². The van der Waals surface area contributed by atoms with E-state index in [2.05, 4.69) is 51.3 Å². The summed E-state index contributed by atoms with van der Waals surface area (Å²) in [6, 6.07) is 19.5. The van der Waals surface area contributed by atoms with Crippen molar-refractivity contribution in [2.24, 2.45) is 0 Å². The lowest BCUT2D eigenvalue weighted by Gasteiger charge is -2.26. The molecule has 1 aliphatic rings. The predicted octanol–water partition coefficient (Wildman–Crippen LogP) is 5.14. The smallest absolute Gasteiger partial charge is 0.150 e. The number of piperidine rings is 1. The van der Waals surface area contributed by atoms with Crippen LogP contribution in [0.5, 0.6) is 0 Å². The third-order valence-electron chi connectivity index (χ3n) is 6.20. The topological polar surface area (TPSA) is 55.0 Å². The van der Waals surface area contributed by atoms with E-state index in [9.17, 15) is 0 Å². The molecule has 2 aromatic carbocycles. The van der Waals surface area contributed by atoms with Gasteiger partial charge in [0, 0.05) is 23.5 Å². The highest BCUT2D eigenvalue weighted by Gasteiger charge is 2.11. The van der Waals surface area contributed by atoms with Gasteiger partial charge in [-0.25, -0.2) is 4.98 Å². The fraction of sp³-hybridized carbons (Fsp3) is 0.308. The second kappa shape index (κ2) is 8.41. The van der Waals surface area contributed by atoms with Crippen molar-refractivity contribution >= 4 is 27.6 Å². The molecule has 0 bridgehead atoms. The zero-order valence-electron chi connectivity index (χ0n) is 17.3. The van der Waals surface area contributed by atoms with Gasteiger partial charge in [0.2, 0.25) is 0 Å². The lowest BCUT2D eigenvalue weighted by Crippen LogP contribution is -2.29. The number of rotatable bonds is 5. The summed E-state index contributed by atoms with van der Waals surface area (Å²) in [4.78, 5) is 11.7. The van der Waals surface area contributed by atoms with Gasteiger partial charge in [-0.3, -0.25) is 9.88 Å². The summed E-state index contributed by atoms with van der Waals surface area (Å²) >= 11 is 0. The summed E-state index contributed by atoms with van der Waals surface area (Å²) in [5, 5.41) is 2.20. The standard InChI is InChI=1S/C26H28N4/c27-26-25-23(22-6-2-3-7-24(22)29-26)16-21(17-28-25)13-10-19-8-11-20(12-9-19)18-30-14-4-1-5-15-30/h2-3,6-9,11-12,16-17H,1,4-5,10,13-15,18H2,(H2,27,29). The maximum Gasteiger partial charge on any atom is 0.150 e. The Morgan fingerprint density at radius 3 is 2.37 bits per heavy atom. The molecule has 0 radical (unpaired) electrons. The highest BCUT2D eigenvalue weighted by Crippen LogP contribution is 2.27. The quantitative estimate of drug-likeness (QED) is 0.475. The Bertz CT molecular complexity index is 1160. The van der Waals surface area contributed by atoms with Gasteiger partial charge in [-0.2, -0.15) is 0 Å². The van der Waals surface area contributed by atoms with Crippen molar-refractivity contribution in [3.63, 3.8) is 0 Å². The molecule has 1 saturated heterocycles. The maximum absolute atomic E-state index is 6.14. The number of likely N-dealkylation sites (tertiary alicyclic amines) is 1. The first kappa shape index (κ1) is 19.0. The first-order chi connectivity index (χ1) is 14.8. The molecular formula is C26H28N4. The van der Waals surface area contributed by atoms with E-state index in [1.807, 2.05) is 24.4 Å². The van der Waals surface area contributed by atoms with Crippen molar-refractivity contribution in [3.05, 3.63) is 77.5 Å². The third-order valence-corrected chi connectivity index (χ3v) is 6.20. The second-order valence-electron chi connectivity index (χ2n) is 8.41. The number of anilines is 1. The predicted molar refractivity (Wildman–Crippen MR) is 124 cm³/mol. The molecule has 0 spiro atoms. The second-order valence-corrected chi connectivity index (χ2v) is 8.41. The Balaban J connectivity index is 1.30. The Kier molecular flexibility index (Phi) is 5.33. The van der Waals surface area contributed by atoms with Gasteiger partial charge < -0.3 is 5.73 Å².